The highest BCUT2D eigenvalue weighted by molar-refractivity contribution is 8.00. The molecule has 2 aromatic rings. The van der Waals surface area contributed by atoms with Gasteiger partial charge in [0.1, 0.15) is 11.6 Å². The smallest absolute Gasteiger partial charge is 0.196 e. The summed E-state index contributed by atoms with van der Waals surface area (Å²) >= 11 is 1.59. The van der Waals surface area contributed by atoms with Crippen molar-refractivity contribution in [1.29, 1.82) is 0 Å². The van der Waals surface area contributed by atoms with Crippen LogP contribution in [0.1, 0.15) is 43.8 Å². The summed E-state index contributed by atoms with van der Waals surface area (Å²) in [6, 6.07) is 10.2. The molecule has 4 nitrogen and oxygen atoms in total. The summed E-state index contributed by atoms with van der Waals surface area (Å²) in [6.45, 7) is 0. The summed E-state index contributed by atoms with van der Waals surface area (Å²) in [4.78, 5) is 11.9. The molecule has 2 saturated carbocycles. The van der Waals surface area contributed by atoms with E-state index >= 15 is 0 Å². The van der Waals surface area contributed by atoms with E-state index in [1.54, 1.807) is 11.8 Å². The molecule has 1 heterocycles. The molecule has 1 aromatic carbocycles. The second kappa shape index (κ2) is 5.30. The predicted octanol–water partition coefficient (Wildman–Crippen LogP) is 3.36. The van der Waals surface area contributed by atoms with Crippen LogP contribution in [0, 0.1) is 0 Å². The third kappa shape index (κ3) is 2.50. The Morgan fingerprint density at radius 2 is 1.90 bits per heavy atom. The lowest BCUT2D eigenvalue weighted by Gasteiger charge is -2.11. The van der Waals surface area contributed by atoms with Crippen LogP contribution in [0.4, 0.5) is 0 Å². The molecule has 0 saturated heterocycles. The van der Waals surface area contributed by atoms with Gasteiger partial charge in [-0.3, -0.25) is 9.36 Å². The van der Waals surface area contributed by atoms with Crippen molar-refractivity contribution in [2.24, 2.45) is 0 Å². The molecule has 0 spiro atoms. The number of hydrogen-bond acceptors (Lipinski definition) is 4. The van der Waals surface area contributed by atoms with Gasteiger partial charge in [-0.25, -0.2) is 0 Å². The maximum absolute atomic E-state index is 11.9. The molecule has 0 unspecified atom stereocenters. The Hall–Kier alpha value is -1.62. The molecule has 2 aliphatic carbocycles. The summed E-state index contributed by atoms with van der Waals surface area (Å²) in [5.74, 6) is 1.94. The average Bonchev–Trinajstić information content (AvgIpc) is 3.16. The Bertz CT molecular complexity index is 663. The van der Waals surface area contributed by atoms with Gasteiger partial charge in [-0.15, -0.1) is 10.2 Å². The summed E-state index contributed by atoms with van der Waals surface area (Å²) in [7, 11) is 0. The van der Waals surface area contributed by atoms with E-state index in [9.17, 15) is 4.79 Å². The maximum atomic E-state index is 11.9. The van der Waals surface area contributed by atoms with Gasteiger partial charge >= 0.3 is 0 Å². The van der Waals surface area contributed by atoms with Crippen LogP contribution >= 0.6 is 11.8 Å². The minimum absolute atomic E-state index is 0.0590. The summed E-state index contributed by atoms with van der Waals surface area (Å²) < 4.78 is 2.15. The molecule has 4 rings (SSSR count). The summed E-state index contributed by atoms with van der Waals surface area (Å²) in [5.41, 5.74) is 1.09. The normalized spacial score (nSPS) is 21.9. The maximum Gasteiger partial charge on any atom is 0.196 e. The van der Waals surface area contributed by atoms with E-state index in [4.69, 9.17) is 0 Å². The van der Waals surface area contributed by atoms with Crippen LogP contribution in [0.15, 0.2) is 35.5 Å². The minimum atomic E-state index is 0.0590. The number of ketones is 1. The van der Waals surface area contributed by atoms with Gasteiger partial charge in [-0.1, -0.05) is 30.0 Å². The monoisotopic (exact) mass is 299 g/mol. The Balaban J connectivity index is 1.71. The van der Waals surface area contributed by atoms with Crippen molar-refractivity contribution >= 4 is 17.5 Å². The lowest BCUT2D eigenvalue weighted by molar-refractivity contribution is -0.116. The van der Waals surface area contributed by atoms with Gasteiger partial charge in [0, 0.05) is 18.0 Å². The number of benzene rings is 1. The number of Topliss-reactive ketones (excluding diaryl/α,β-unsaturated/α-hetero) is 1. The van der Waals surface area contributed by atoms with Crippen LogP contribution in [0.3, 0.4) is 0 Å². The lowest BCUT2D eigenvalue weighted by atomic mass is 10.3. The number of thioether (sulfide) groups is 1. The molecule has 0 aliphatic heterocycles. The first kappa shape index (κ1) is 13.1. The lowest BCUT2D eigenvalue weighted by Crippen LogP contribution is -2.10. The minimum Gasteiger partial charge on any atom is -0.298 e. The number of carbonyl (C=O) groups excluding carboxylic acids is 1. The van der Waals surface area contributed by atoms with Gasteiger partial charge in [-0.2, -0.15) is 0 Å². The van der Waals surface area contributed by atoms with Gasteiger partial charge in [0.2, 0.25) is 0 Å². The molecule has 5 heteroatoms. The van der Waals surface area contributed by atoms with Crippen molar-refractivity contribution in [1.82, 2.24) is 14.8 Å². The van der Waals surface area contributed by atoms with Crippen molar-refractivity contribution in [3.63, 3.8) is 0 Å². The summed E-state index contributed by atoms with van der Waals surface area (Å²) in [5, 5.41) is 9.70. The molecule has 108 valence electrons. The number of para-hydroxylation sites is 1. The molecule has 21 heavy (non-hydrogen) atoms. The van der Waals surface area contributed by atoms with E-state index in [0.717, 1.165) is 29.5 Å². The van der Waals surface area contributed by atoms with Crippen LogP contribution in [0.2, 0.25) is 0 Å². The molecule has 2 aliphatic rings. The third-order valence-corrected chi connectivity index (χ3v) is 5.37. The topological polar surface area (TPSA) is 47.8 Å². The second-order valence-corrected chi connectivity index (χ2v) is 6.92. The SMILES string of the molecule is O=C1CCC[C@@H]1Sc1nnc(C2CC2)n1-c1ccccc1. The van der Waals surface area contributed by atoms with Crippen LogP contribution in [0.25, 0.3) is 5.69 Å². The standard InChI is InChI=1S/C16H17N3OS/c20-13-7-4-8-14(13)21-16-18-17-15(11-9-10-11)19(16)12-5-2-1-3-6-12/h1-3,5-6,11,14H,4,7-10H2/t14-/m0/s1. The van der Waals surface area contributed by atoms with E-state index in [-0.39, 0.29) is 5.25 Å². The highest BCUT2D eigenvalue weighted by atomic mass is 32.2. The van der Waals surface area contributed by atoms with Crippen LogP contribution in [-0.4, -0.2) is 25.8 Å². The van der Waals surface area contributed by atoms with Crippen LogP contribution in [0.5, 0.6) is 0 Å². The zero-order valence-electron chi connectivity index (χ0n) is 11.7. The molecular formula is C16H17N3OS. The van der Waals surface area contributed by atoms with E-state index in [2.05, 4.69) is 26.9 Å². The van der Waals surface area contributed by atoms with Gasteiger partial charge in [0.25, 0.3) is 0 Å². The van der Waals surface area contributed by atoms with Crippen molar-refractivity contribution in [3.8, 4) is 5.69 Å². The highest BCUT2D eigenvalue weighted by Gasteiger charge is 2.33. The van der Waals surface area contributed by atoms with Gasteiger partial charge in [0.15, 0.2) is 5.16 Å². The quantitative estimate of drug-likeness (QED) is 0.868. The molecule has 1 atom stereocenters. The molecular weight excluding hydrogens is 282 g/mol. The zero-order valence-corrected chi connectivity index (χ0v) is 12.6. The first-order chi connectivity index (χ1) is 10.3. The Morgan fingerprint density at radius 3 is 2.57 bits per heavy atom. The van der Waals surface area contributed by atoms with Crippen molar-refractivity contribution in [2.75, 3.05) is 0 Å². The molecule has 0 bridgehead atoms. The average molecular weight is 299 g/mol. The largest absolute Gasteiger partial charge is 0.298 e. The molecule has 2 fully saturated rings. The number of hydrogen-bond donors (Lipinski definition) is 0. The van der Waals surface area contributed by atoms with Crippen LogP contribution in [-0.2, 0) is 4.79 Å². The number of nitrogens with zero attached hydrogens (tertiary/aromatic N) is 3. The molecule has 0 N–H and O–H groups in total. The fourth-order valence-corrected chi connectivity index (χ4v) is 4.00. The number of aromatic nitrogens is 3. The fraction of sp³-hybridized carbons (Fsp3) is 0.438. The van der Waals surface area contributed by atoms with Crippen LogP contribution < -0.4 is 0 Å². The second-order valence-electron chi connectivity index (χ2n) is 5.75. The summed E-state index contributed by atoms with van der Waals surface area (Å²) in [6.07, 6.45) is 5.07. The first-order valence-corrected chi connectivity index (χ1v) is 8.41. The number of rotatable bonds is 4. The Labute approximate surface area is 128 Å². The van der Waals surface area contributed by atoms with Gasteiger partial charge in [-0.05, 0) is 37.8 Å². The van der Waals surface area contributed by atoms with E-state index < -0.39 is 0 Å². The fourth-order valence-electron chi connectivity index (χ4n) is 2.82. The first-order valence-electron chi connectivity index (χ1n) is 7.53. The van der Waals surface area contributed by atoms with E-state index in [0.29, 0.717) is 18.1 Å². The van der Waals surface area contributed by atoms with Crippen molar-refractivity contribution in [2.45, 2.75) is 48.4 Å². The van der Waals surface area contributed by atoms with Gasteiger partial charge < -0.3 is 0 Å². The molecule has 0 radical (unpaired) electrons. The number of carbonyl (C=O) groups is 1. The van der Waals surface area contributed by atoms with E-state index in [1.807, 2.05) is 18.2 Å². The molecule has 1 aromatic heterocycles. The van der Waals surface area contributed by atoms with Crippen molar-refractivity contribution < 1.29 is 4.79 Å². The predicted molar refractivity (Wildman–Crippen MR) is 81.8 cm³/mol. The third-order valence-electron chi connectivity index (χ3n) is 4.11. The molecule has 0 amide bonds. The Morgan fingerprint density at radius 1 is 1.10 bits per heavy atom. The van der Waals surface area contributed by atoms with Gasteiger partial charge in [0.05, 0.1) is 5.25 Å². The highest BCUT2D eigenvalue weighted by Crippen LogP contribution is 2.42. The zero-order chi connectivity index (χ0) is 14.2. The van der Waals surface area contributed by atoms with Crippen molar-refractivity contribution in [3.05, 3.63) is 36.2 Å². The van der Waals surface area contributed by atoms with E-state index in [1.165, 1.54) is 12.8 Å². The Kier molecular flexibility index (Phi) is 3.30.